The first-order chi connectivity index (χ1) is 14.7. The van der Waals surface area contributed by atoms with Gasteiger partial charge in [0, 0.05) is 37.4 Å². The molecule has 0 aliphatic carbocycles. The van der Waals surface area contributed by atoms with E-state index in [-0.39, 0.29) is 11.8 Å². The third-order valence-corrected chi connectivity index (χ3v) is 5.56. The minimum absolute atomic E-state index is 0.0363. The van der Waals surface area contributed by atoms with Gasteiger partial charge in [0.25, 0.3) is 5.91 Å². The molecule has 0 saturated carbocycles. The Hall–Kier alpha value is -3.25. The lowest BCUT2D eigenvalue weighted by Gasteiger charge is -2.23. The average molecular weight is 402 g/mol. The van der Waals surface area contributed by atoms with E-state index in [4.69, 9.17) is 0 Å². The van der Waals surface area contributed by atoms with E-state index < -0.39 is 0 Å². The summed E-state index contributed by atoms with van der Waals surface area (Å²) in [4.78, 5) is 35.3. The Morgan fingerprint density at radius 2 is 1.73 bits per heavy atom. The predicted octanol–water partition coefficient (Wildman–Crippen LogP) is 2.75. The van der Waals surface area contributed by atoms with E-state index in [2.05, 4.69) is 22.7 Å². The van der Waals surface area contributed by atoms with Crippen LogP contribution >= 0.6 is 0 Å². The van der Waals surface area contributed by atoms with Crippen LogP contribution < -0.4 is 4.90 Å². The molecule has 0 bridgehead atoms. The molecule has 0 saturated heterocycles. The number of fused-ring (bicyclic) bond motifs is 1. The molecule has 0 fully saturated rings. The number of amides is 2. The second-order valence-electron chi connectivity index (χ2n) is 7.64. The Kier molecular flexibility index (Phi) is 6.05. The molecule has 2 aliphatic rings. The third-order valence-electron chi connectivity index (χ3n) is 5.56. The van der Waals surface area contributed by atoms with Crippen molar-refractivity contribution in [1.29, 1.82) is 0 Å². The van der Waals surface area contributed by atoms with Crippen molar-refractivity contribution in [2.45, 2.75) is 13.1 Å². The maximum absolute atomic E-state index is 13.1. The highest BCUT2D eigenvalue weighted by Gasteiger charge is 2.26. The molecule has 154 valence electrons. The van der Waals surface area contributed by atoms with Crippen LogP contribution in [-0.2, 0) is 17.9 Å². The van der Waals surface area contributed by atoms with Crippen LogP contribution in [0.4, 0.5) is 5.69 Å². The van der Waals surface area contributed by atoms with Crippen LogP contribution in [0.15, 0.2) is 65.7 Å². The number of para-hydroxylation sites is 1. The van der Waals surface area contributed by atoms with Gasteiger partial charge in [0.2, 0.25) is 5.91 Å². The Morgan fingerprint density at radius 3 is 2.47 bits per heavy atom. The number of aliphatic imine (C=N–C) groups is 1. The summed E-state index contributed by atoms with van der Waals surface area (Å²) < 4.78 is 0. The van der Waals surface area contributed by atoms with Gasteiger partial charge in [-0.05, 0) is 36.0 Å². The maximum atomic E-state index is 13.1. The number of carbonyl (C=O) groups is 2. The lowest BCUT2D eigenvalue weighted by molar-refractivity contribution is -0.119. The van der Waals surface area contributed by atoms with Gasteiger partial charge in [-0.2, -0.15) is 0 Å². The van der Waals surface area contributed by atoms with Crippen molar-refractivity contribution in [3.63, 3.8) is 0 Å². The minimum Gasteiger partial charge on any atom is -0.331 e. The maximum Gasteiger partial charge on any atom is 0.254 e. The normalized spacial score (nSPS) is 16.5. The van der Waals surface area contributed by atoms with Crippen LogP contribution in [0.3, 0.4) is 0 Å². The number of rotatable bonds is 6. The Bertz CT molecular complexity index is 959. The topological polar surface area (TPSA) is 56.2 Å². The lowest BCUT2D eigenvalue weighted by atomic mass is 10.1. The number of anilines is 1. The number of benzene rings is 2. The van der Waals surface area contributed by atoms with Crippen molar-refractivity contribution < 1.29 is 9.59 Å². The molecule has 2 aromatic carbocycles. The number of hydrogen-bond donors (Lipinski definition) is 0. The highest BCUT2D eigenvalue weighted by atomic mass is 16.2. The molecule has 0 N–H and O–H groups in total. The smallest absolute Gasteiger partial charge is 0.254 e. The molecule has 0 spiro atoms. The van der Waals surface area contributed by atoms with Gasteiger partial charge in [-0.15, -0.1) is 0 Å². The molecule has 6 nitrogen and oxygen atoms in total. The molecule has 6 heteroatoms. The molecule has 2 aliphatic heterocycles. The monoisotopic (exact) mass is 402 g/mol. The summed E-state index contributed by atoms with van der Waals surface area (Å²) >= 11 is 0. The standard InChI is InChI=1S/C24H26N4O2/c1-25-12-15-26-17-21-6-2-3-7-22(21)28(23(29)18-26)16-19-8-10-20(11-9-19)24(30)27-13-4-5-14-27/h2-11H,1,12-18H2. The first-order valence-corrected chi connectivity index (χ1v) is 10.2. The number of hydrogen-bond acceptors (Lipinski definition) is 4. The van der Waals surface area contributed by atoms with Crippen molar-refractivity contribution >= 4 is 24.2 Å². The van der Waals surface area contributed by atoms with Crippen molar-refractivity contribution in [3.8, 4) is 0 Å². The second kappa shape index (κ2) is 9.05. The van der Waals surface area contributed by atoms with Crippen LogP contribution in [0.1, 0.15) is 21.5 Å². The van der Waals surface area contributed by atoms with Crippen LogP contribution in [0.5, 0.6) is 0 Å². The fourth-order valence-corrected chi connectivity index (χ4v) is 3.92. The van der Waals surface area contributed by atoms with Gasteiger partial charge in [-0.25, -0.2) is 0 Å². The Balaban J connectivity index is 1.52. The third kappa shape index (κ3) is 4.33. The van der Waals surface area contributed by atoms with Crippen LogP contribution in [0, 0.1) is 0 Å². The molecular formula is C24H26N4O2. The molecule has 0 unspecified atom stereocenters. The molecule has 2 amide bonds. The first-order valence-electron chi connectivity index (χ1n) is 10.2. The first kappa shape index (κ1) is 20.0. The van der Waals surface area contributed by atoms with Crippen molar-refractivity contribution in [1.82, 2.24) is 9.80 Å². The second-order valence-corrected chi connectivity index (χ2v) is 7.64. The fourth-order valence-electron chi connectivity index (χ4n) is 3.92. The van der Waals surface area contributed by atoms with E-state index in [0.29, 0.717) is 51.4 Å². The van der Waals surface area contributed by atoms with Crippen LogP contribution in [0.25, 0.3) is 0 Å². The molecule has 0 radical (unpaired) electrons. The van der Waals surface area contributed by atoms with Gasteiger partial charge in [0.05, 0.1) is 19.6 Å². The van der Waals surface area contributed by atoms with Crippen molar-refractivity contribution in [3.05, 3.63) is 77.4 Å². The zero-order valence-corrected chi connectivity index (χ0v) is 17.0. The zero-order chi connectivity index (χ0) is 20.9. The van der Waals surface area contributed by atoms with E-state index in [1.165, 1.54) is 0 Å². The largest absolute Gasteiger partial charge is 0.331 e. The highest BCUT2D eigenvalue weighted by Crippen LogP contribution is 2.27. The quantitative estimate of drug-likeness (QED) is 0.552. The summed E-state index contributed by atoms with van der Waals surface area (Å²) in [7, 11) is 0. The molecule has 0 aromatic heterocycles. The predicted molar refractivity (Wildman–Crippen MR) is 119 cm³/mol. The van der Waals surface area contributed by atoms with E-state index in [1.54, 1.807) is 4.90 Å². The molecule has 4 rings (SSSR count). The van der Waals surface area contributed by atoms with Crippen LogP contribution in [-0.4, -0.2) is 61.1 Å². The molecule has 2 aromatic rings. The lowest BCUT2D eigenvalue weighted by Crippen LogP contribution is -2.38. The van der Waals surface area contributed by atoms with Gasteiger partial charge in [0.1, 0.15) is 0 Å². The van der Waals surface area contributed by atoms with Crippen LogP contribution in [0.2, 0.25) is 0 Å². The van der Waals surface area contributed by atoms with Crippen molar-refractivity contribution in [2.24, 2.45) is 4.99 Å². The summed E-state index contributed by atoms with van der Waals surface area (Å²) in [5.74, 6) is 0.0986. The summed E-state index contributed by atoms with van der Waals surface area (Å²) in [5.41, 5.74) is 3.74. The Morgan fingerprint density at radius 1 is 1.00 bits per heavy atom. The van der Waals surface area contributed by atoms with Gasteiger partial charge < -0.3 is 9.80 Å². The number of carbonyl (C=O) groups excluding carboxylic acids is 2. The minimum atomic E-state index is 0.0363. The highest BCUT2D eigenvalue weighted by molar-refractivity contribution is 5.96. The van der Waals surface area contributed by atoms with Gasteiger partial charge in [-0.1, -0.05) is 42.5 Å². The van der Waals surface area contributed by atoms with Gasteiger partial charge in [-0.3, -0.25) is 19.5 Å². The average Bonchev–Trinajstić information content (AvgIpc) is 3.27. The number of nitrogens with zero attached hydrogens (tertiary/aromatic N) is 4. The summed E-state index contributed by atoms with van der Waals surface area (Å²) in [6.07, 6.45) is 4.01. The van der Waals surface area contributed by atoms with E-state index in [0.717, 1.165) is 16.8 Å². The molecule has 2 heterocycles. The summed E-state index contributed by atoms with van der Waals surface area (Å²) in [5, 5.41) is 0. The Labute approximate surface area is 177 Å². The molecule has 0 atom stereocenters. The van der Waals surface area contributed by atoms with Crippen molar-refractivity contribution in [2.75, 3.05) is 37.6 Å². The summed E-state index contributed by atoms with van der Waals surface area (Å²) in [6, 6.07) is 15.6. The fraction of sp³-hybridized carbons (Fsp3) is 0.292. The van der Waals surface area contributed by atoms with Gasteiger partial charge >= 0.3 is 0 Å². The SMILES string of the molecule is C=NCCN1CC(=O)N(Cc2ccc(C(=O)N3CC=CC3)cc2)c2ccccc2C1. The van der Waals surface area contributed by atoms with E-state index in [1.807, 2.05) is 59.5 Å². The summed E-state index contributed by atoms with van der Waals surface area (Å²) in [6.45, 7) is 7.73. The molecule has 30 heavy (non-hydrogen) atoms. The zero-order valence-electron chi connectivity index (χ0n) is 17.0. The van der Waals surface area contributed by atoms with E-state index >= 15 is 0 Å². The molecular weight excluding hydrogens is 376 g/mol. The van der Waals surface area contributed by atoms with E-state index in [9.17, 15) is 9.59 Å². The van der Waals surface area contributed by atoms with Gasteiger partial charge in [0.15, 0.2) is 0 Å².